The lowest BCUT2D eigenvalue weighted by Gasteiger charge is -2.11. The molecule has 9 heteroatoms. The van der Waals surface area contributed by atoms with Crippen LogP contribution in [-0.4, -0.2) is 43.3 Å². The second kappa shape index (κ2) is 10.3. The van der Waals surface area contributed by atoms with Gasteiger partial charge in [0, 0.05) is 36.5 Å². The summed E-state index contributed by atoms with van der Waals surface area (Å²) in [4.78, 5) is 24.2. The Morgan fingerprint density at radius 2 is 1.97 bits per heavy atom. The highest BCUT2D eigenvalue weighted by Crippen LogP contribution is 2.30. The molecule has 0 aliphatic carbocycles. The summed E-state index contributed by atoms with van der Waals surface area (Å²) in [5, 5.41) is 15.5. The molecule has 1 aliphatic rings. The van der Waals surface area contributed by atoms with E-state index in [1.54, 1.807) is 0 Å². The number of carbonyl (C=O) groups excluding carboxylic acids is 1. The number of hydrazone groups is 1. The minimum Gasteiger partial charge on any atom is -0.359 e. The number of rotatable bonds is 9. The molecule has 3 aromatic rings. The Hall–Kier alpha value is -3.72. The molecule has 4 rings (SSSR count). The average molecular weight is 445 g/mol. The van der Waals surface area contributed by atoms with E-state index < -0.39 is 0 Å². The third-order valence-electron chi connectivity index (χ3n) is 5.58. The summed E-state index contributed by atoms with van der Waals surface area (Å²) in [5.41, 5.74) is 9.14. The fraction of sp³-hybridized carbons (Fsp3) is 0.333. The summed E-state index contributed by atoms with van der Waals surface area (Å²) >= 11 is 0. The molecule has 0 atom stereocenters. The van der Waals surface area contributed by atoms with Crippen LogP contribution >= 0.6 is 0 Å². The van der Waals surface area contributed by atoms with Gasteiger partial charge in [-0.25, -0.2) is 10.4 Å². The van der Waals surface area contributed by atoms with E-state index in [0.717, 1.165) is 37.3 Å². The summed E-state index contributed by atoms with van der Waals surface area (Å²) in [6.45, 7) is 8.17. The highest BCUT2D eigenvalue weighted by atomic mass is 16.2. The van der Waals surface area contributed by atoms with Gasteiger partial charge in [0.25, 0.3) is 5.91 Å². The number of H-pyrrole nitrogens is 1. The quantitative estimate of drug-likeness (QED) is 0.345. The number of pyridine rings is 1. The Kier molecular flexibility index (Phi) is 6.99. The number of carbonyl (C=O) groups is 1. The predicted molar refractivity (Wildman–Crippen MR) is 126 cm³/mol. The van der Waals surface area contributed by atoms with Crippen LogP contribution in [0.4, 0.5) is 0 Å². The first-order chi connectivity index (χ1) is 16.0. The topological polar surface area (TPSA) is 121 Å². The number of amides is 1. The van der Waals surface area contributed by atoms with Crippen LogP contribution in [0.15, 0.2) is 47.6 Å². The first-order valence-corrected chi connectivity index (χ1v) is 11.1. The van der Waals surface area contributed by atoms with Crippen molar-refractivity contribution in [1.29, 1.82) is 0 Å². The monoisotopic (exact) mass is 444 g/mol. The minimum absolute atomic E-state index is 0.277. The van der Waals surface area contributed by atoms with Crippen LogP contribution < -0.4 is 10.7 Å². The van der Waals surface area contributed by atoms with Crippen molar-refractivity contribution < 1.29 is 4.79 Å². The summed E-state index contributed by atoms with van der Waals surface area (Å²) in [5.74, 6) is 0.333. The molecular formula is C24H28N8O. The molecule has 0 unspecified atom stereocenters. The second-order valence-electron chi connectivity index (χ2n) is 8.27. The first-order valence-electron chi connectivity index (χ1n) is 11.1. The van der Waals surface area contributed by atoms with Crippen LogP contribution in [0.2, 0.25) is 0 Å². The zero-order valence-electron chi connectivity index (χ0n) is 19.1. The number of nitrogens with one attached hydrogen (secondary N) is 3. The van der Waals surface area contributed by atoms with Crippen LogP contribution in [0.5, 0.6) is 0 Å². The average Bonchev–Trinajstić information content (AvgIpc) is 3.34. The van der Waals surface area contributed by atoms with Crippen LogP contribution in [0, 0.1) is 6.92 Å². The maximum absolute atomic E-state index is 12.5. The van der Waals surface area contributed by atoms with E-state index in [-0.39, 0.29) is 5.91 Å². The molecule has 0 spiro atoms. The van der Waals surface area contributed by atoms with E-state index in [9.17, 15) is 4.79 Å². The van der Waals surface area contributed by atoms with Crippen LogP contribution in [0.25, 0.3) is 6.08 Å². The SMILES string of the molecule is Cc1[nH]c(C=C2C(=O)NN=C2c2nccnn2)c(C(C)C)c1CCCNCc1ccncc1. The van der Waals surface area contributed by atoms with Gasteiger partial charge in [0.1, 0.15) is 5.71 Å². The zero-order chi connectivity index (χ0) is 23.2. The van der Waals surface area contributed by atoms with Gasteiger partial charge in [0.05, 0.1) is 11.8 Å². The Balaban J connectivity index is 1.50. The lowest BCUT2D eigenvalue weighted by Crippen LogP contribution is -2.15. The maximum atomic E-state index is 12.5. The lowest BCUT2D eigenvalue weighted by molar-refractivity contribution is -0.116. The summed E-state index contributed by atoms with van der Waals surface area (Å²) < 4.78 is 0. The Morgan fingerprint density at radius 3 is 2.70 bits per heavy atom. The highest BCUT2D eigenvalue weighted by Gasteiger charge is 2.27. The summed E-state index contributed by atoms with van der Waals surface area (Å²) in [7, 11) is 0. The lowest BCUT2D eigenvalue weighted by atomic mass is 9.93. The molecule has 9 nitrogen and oxygen atoms in total. The first kappa shape index (κ1) is 22.5. The van der Waals surface area contributed by atoms with Crippen molar-refractivity contribution in [2.45, 2.75) is 46.1 Å². The van der Waals surface area contributed by atoms with Crippen molar-refractivity contribution in [3.8, 4) is 0 Å². The van der Waals surface area contributed by atoms with Gasteiger partial charge in [-0.15, -0.1) is 5.10 Å². The fourth-order valence-electron chi connectivity index (χ4n) is 4.07. The second-order valence-corrected chi connectivity index (χ2v) is 8.27. The molecule has 4 heterocycles. The molecule has 0 saturated carbocycles. The Labute approximate surface area is 192 Å². The van der Waals surface area contributed by atoms with Gasteiger partial charge in [0.15, 0.2) is 0 Å². The molecule has 3 N–H and O–H groups in total. The van der Waals surface area contributed by atoms with Crippen molar-refractivity contribution >= 4 is 17.7 Å². The van der Waals surface area contributed by atoms with Gasteiger partial charge < -0.3 is 10.3 Å². The molecule has 170 valence electrons. The fourth-order valence-corrected chi connectivity index (χ4v) is 4.07. The number of nitrogens with zero attached hydrogens (tertiary/aromatic N) is 5. The van der Waals surface area contributed by atoms with Gasteiger partial charge in [-0.1, -0.05) is 13.8 Å². The molecule has 0 bridgehead atoms. The van der Waals surface area contributed by atoms with E-state index in [4.69, 9.17) is 0 Å². The van der Waals surface area contributed by atoms with Gasteiger partial charge in [-0.2, -0.15) is 10.2 Å². The van der Waals surface area contributed by atoms with Gasteiger partial charge >= 0.3 is 0 Å². The van der Waals surface area contributed by atoms with E-state index in [2.05, 4.69) is 61.8 Å². The molecule has 0 radical (unpaired) electrons. The molecule has 1 aliphatic heterocycles. The minimum atomic E-state index is -0.277. The maximum Gasteiger partial charge on any atom is 0.273 e. The number of aromatic amines is 1. The van der Waals surface area contributed by atoms with Crippen LogP contribution in [-0.2, 0) is 17.8 Å². The summed E-state index contributed by atoms with van der Waals surface area (Å²) in [6.07, 6.45) is 10.5. The number of aromatic nitrogens is 5. The van der Waals surface area contributed by atoms with Crippen LogP contribution in [0.3, 0.4) is 0 Å². The van der Waals surface area contributed by atoms with Crippen LogP contribution in [0.1, 0.15) is 60.1 Å². The van der Waals surface area contributed by atoms with E-state index in [1.807, 2.05) is 30.6 Å². The molecule has 1 amide bonds. The van der Waals surface area contributed by atoms with Crippen molar-refractivity contribution in [1.82, 2.24) is 35.9 Å². The predicted octanol–water partition coefficient (Wildman–Crippen LogP) is 2.67. The number of hydrogen-bond donors (Lipinski definition) is 3. The Bertz CT molecular complexity index is 1170. The number of hydrogen-bond acceptors (Lipinski definition) is 7. The molecular weight excluding hydrogens is 416 g/mol. The van der Waals surface area contributed by atoms with Gasteiger partial charge in [-0.05, 0) is 67.1 Å². The normalized spacial score (nSPS) is 14.7. The van der Waals surface area contributed by atoms with Gasteiger partial charge in [0.2, 0.25) is 5.82 Å². The highest BCUT2D eigenvalue weighted by molar-refractivity contribution is 6.32. The molecule has 0 aromatic carbocycles. The van der Waals surface area contributed by atoms with E-state index in [1.165, 1.54) is 29.1 Å². The van der Waals surface area contributed by atoms with E-state index >= 15 is 0 Å². The Morgan fingerprint density at radius 1 is 1.15 bits per heavy atom. The van der Waals surface area contributed by atoms with Crippen molar-refractivity contribution in [3.63, 3.8) is 0 Å². The van der Waals surface area contributed by atoms with E-state index in [0.29, 0.717) is 23.0 Å². The molecule has 33 heavy (non-hydrogen) atoms. The third kappa shape index (κ3) is 5.20. The standard InChI is InChI=1S/C24H28N8O/c1-15(2)21-18(5-4-8-26-14-17-6-9-25-10-7-17)16(3)29-20(21)13-19-22(30-32-24(19)33)23-27-11-12-28-31-23/h6-7,9-13,15,26,29H,4-5,8,14H2,1-3H3,(H,32,33). The van der Waals surface area contributed by atoms with Crippen molar-refractivity contribution in [2.75, 3.05) is 6.54 Å². The summed E-state index contributed by atoms with van der Waals surface area (Å²) in [6, 6.07) is 4.04. The zero-order valence-corrected chi connectivity index (χ0v) is 19.1. The smallest absolute Gasteiger partial charge is 0.273 e. The van der Waals surface area contributed by atoms with Crippen molar-refractivity contribution in [3.05, 3.63) is 76.4 Å². The largest absolute Gasteiger partial charge is 0.359 e. The molecule has 3 aromatic heterocycles. The third-order valence-corrected chi connectivity index (χ3v) is 5.58. The molecule has 0 fully saturated rings. The number of aryl methyl sites for hydroxylation is 1. The van der Waals surface area contributed by atoms with Gasteiger partial charge in [-0.3, -0.25) is 9.78 Å². The molecule has 0 saturated heterocycles. The van der Waals surface area contributed by atoms with Crippen molar-refractivity contribution in [2.24, 2.45) is 5.10 Å².